The van der Waals surface area contributed by atoms with Crippen LogP contribution in [0.3, 0.4) is 0 Å². The van der Waals surface area contributed by atoms with Crippen molar-refractivity contribution in [1.82, 2.24) is 40.0 Å². The van der Waals surface area contributed by atoms with E-state index in [9.17, 15) is 28.8 Å². The lowest BCUT2D eigenvalue weighted by atomic mass is 10.0. The maximum Gasteiger partial charge on any atom is 0.266 e. The summed E-state index contributed by atoms with van der Waals surface area (Å²) in [5, 5.41) is 16.7. The second-order valence-corrected chi connectivity index (χ2v) is 14.4. The van der Waals surface area contributed by atoms with Crippen molar-refractivity contribution in [3.8, 4) is 16.9 Å². The van der Waals surface area contributed by atoms with Crippen LogP contribution in [-0.2, 0) is 25.7 Å². The van der Waals surface area contributed by atoms with Gasteiger partial charge in [-0.15, -0.1) is 10.2 Å². The summed E-state index contributed by atoms with van der Waals surface area (Å²) in [6.45, 7) is 3.19. The predicted molar refractivity (Wildman–Crippen MR) is 211 cm³/mol. The van der Waals surface area contributed by atoms with Crippen LogP contribution in [0.1, 0.15) is 65.0 Å². The maximum absolute atomic E-state index is 13.2. The number of hydrogen-bond donors (Lipinski definition) is 3. The molecule has 1 unspecified atom stereocenters. The molecule has 1 atom stereocenters. The highest BCUT2D eigenvalue weighted by Gasteiger charge is 2.46. The summed E-state index contributed by atoms with van der Waals surface area (Å²) >= 11 is 0. The lowest BCUT2D eigenvalue weighted by Crippen LogP contribution is -2.54. The Balaban J connectivity index is 0.730. The Morgan fingerprint density at radius 1 is 0.915 bits per heavy atom. The minimum absolute atomic E-state index is 0.0118. The number of rotatable bonds is 15. The number of anilines is 2. The third-order valence-electron chi connectivity index (χ3n) is 10.7. The summed E-state index contributed by atoms with van der Waals surface area (Å²) in [4.78, 5) is 85.4. The van der Waals surface area contributed by atoms with Gasteiger partial charge in [-0.3, -0.25) is 43.4 Å². The minimum atomic E-state index is -1.10. The molecule has 3 aliphatic heterocycles. The second kappa shape index (κ2) is 17.2. The highest BCUT2D eigenvalue weighted by atomic mass is 16.5. The van der Waals surface area contributed by atoms with Crippen molar-refractivity contribution in [2.24, 2.45) is 0 Å². The molecule has 8 rings (SSSR count). The number of nitrogens with zero attached hydrogens (tertiary/aromatic N) is 7. The van der Waals surface area contributed by atoms with Gasteiger partial charge < -0.3 is 29.6 Å². The number of carbonyl (C=O) groups excluding carboxylic acids is 6. The second-order valence-electron chi connectivity index (χ2n) is 14.4. The first kappa shape index (κ1) is 38.7. The van der Waals surface area contributed by atoms with E-state index < -0.39 is 35.6 Å². The number of aromatic nitrogens is 4. The molecule has 6 heterocycles. The number of benzene rings is 2. The Bertz CT molecular complexity index is 2390. The molecular formula is C41H42N10O8. The van der Waals surface area contributed by atoms with E-state index in [1.54, 1.807) is 18.8 Å². The number of piperidine rings is 1. The van der Waals surface area contributed by atoms with Crippen molar-refractivity contribution >= 4 is 52.7 Å². The topological polar surface area (TPSA) is 214 Å². The van der Waals surface area contributed by atoms with Crippen molar-refractivity contribution < 1.29 is 37.9 Å². The lowest BCUT2D eigenvalue weighted by Gasteiger charge is -2.36. The number of fused-ring (bicyclic) bond motifs is 2. The lowest BCUT2D eigenvalue weighted by molar-refractivity contribution is -0.136. The summed E-state index contributed by atoms with van der Waals surface area (Å²) in [6, 6.07) is 15.3. The predicted octanol–water partition coefficient (Wildman–Crippen LogP) is 2.80. The Morgan fingerprint density at radius 3 is 2.53 bits per heavy atom. The average molecular weight is 803 g/mol. The van der Waals surface area contributed by atoms with Gasteiger partial charge in [-0.25, -0.2) is 4.98 Å². The average Bonchev–Trinajstić information content (AvgIpc) is 4.02. The number of hydrogen-bond acceptors (Lipinski definition) is 13. The Kier molecular flexibility index (Phi) is 11.3. The number of piperazine rings is 1. The van der Waals surface area contributed by atoms with Crippen LogP contribution >= 0.6 is 0 Å². The van der Waals surface area contributed by atoms with E-state index in [1.807, 2.05) is 33.6 Å². The molecule has 6 amide bonds. The maximum atomic E-state index is 13.2. The van der Waals surface area contributed by atoms with E-state index in [1.165, 1.54) is 18.2 Å². The molecular weight excluding hydrogens is 761 g/mol. The number of nitrogens with one attached hydrogen (secondary N) is 3. The highest BCUT2D eigenvalue weighted by molar-refractivity contribution is 6.24. The third kappa shape index (κ3) is 8.32. The van der Waals surface area contributed by atoms with Crippen molar-refractivity contribution in [2.75, 3.05) is 49.5 Å². The van der Waals surface area contributed by atoms with Gasteiger partial charge >= 0.3 is 0 Å². The SMILES string of the molecule is O=C(COc1cccc2c1C(=O)N(C1CCC(=O)NC1=O)C2=O)NCCCCCC(=O)N1CCN(c2ccc(-c3cnc(NCc4ccco4)n4cnnc34)cc2)CC1. The zero-order valence-electron chi connectivity index (χ0n) is 32.1. The van der Waals surface area contributed by atoms with Gasteiger partial charge in [-0.05, 0) is 61.2 Å². The smallest absolute Gasteiger partial charge is 0.266 e. The Morgan fingerprint density at radius 2 is 1.75 bits per heavy atom. The Hall–Kier alpha value is -7.11. The molecule has 0 radical (unpaired) electrons. The third-order valence-corrected chi connectivity index (χ3v) is 10.7. The fourth-order valence-electron chi connectivity index (χ4n) is 7.56. The van der Waals surface area contributed by atoms with Crippen LogP contribution in [0.4, 0.5) is 11.6 Å². The van der Waals surface area contributed by atoms with Gasteiger partial charge in [0.2, 0.25) is 23.7 Å². The number of furan rings is 1. The van der Waals surface area contributed by atoms with Crippen LogP contribution in [0.5, 0.6) is 5.75 Å². The van der Waals surface area contributed by atoms with Gasteiger partial charge in [-0.1, -0.05) is 24.6 Å². The van der Waals surface area contributed by atoms with Crippen molar-refractivity contribution in [1.29, 1.82) is 0 Å². The fraction of sp³-hybridized carbons (Fsp3) is 0.341. The van der Waals surface area contributed by atoms with Gasteiger partial charge in [0.1, 0.15) is 23.9 Å². The van der Waals surface area contributed by atoms with E-state index in [0.717, 1.165) is 47.0 Å². The number of ether oxygens (including phenoxy) is 1. The summed E-state index contributed by atoms with van der Waals surface area (Å²) < 4.78 is 12.9. The quantitative estimate of drug-likeness (QED) is 0.103. The van der Waals surface area contributed by atoms with Crippen LogP contribution in [0.25, 0.3) is 16.8 Å². The number of amides is 6. The molecule has 3 aliphatic rings. The van der Waals surface area contributed by atoms with Gasteiger partial charge in [0.25, 0.3) is 17.7 Å². The van der Waals surface area contributed by atoms with E-state index in [2.05, 4.69) is 48.2 Å². The molecule has 0 bridgehead atoms. The molecule has 0 aliphatic carbocycles. The summed E-state index contributed by atoms with van der Waals surface area (Å²) in [5.74, 6) is -1.35. The summed E-state index contributed by atoms with van der Waals surface area (Å²) in [7, 11) is 0. The number of imide groups is 2. The van der Waals surface area contributed by atoms with Crippen LogP contribution < -0.4 is 25.6 Å². The first-order valence-electron chi connectivity index (χ1n) is 19.6. The van der Waals surface area contributed by atoms with Crippen molar-refractivity contribution in [2.45, 2.75) is 51.1 Å². The van der Waals surface area contributed by atoms with Crippen molar-refractivity contribution in [3.63, 3.8) is 0 Å². The van der Waals surface area contributed by atoms with E-state index in [0.29, 0.717) is 57.0 Å². The van der Waals surface area contributed by atoms with Gasteiger partial charge in [0.15, 0.2) is 12.3 Å². The van der Waals surface area contributed by atoms with Crippen LogP contribution in [0.2, 0.25) is 0 Å². The molecule has 59 heavy (non-hydrogen) atoms. The molecule has 18 nitrogen and oxygen atoms in total. The molecule has 2 saturated heterocycles. The van der Waals surface area contributed by atoms with E-state index in [-0.39, 0.29) is 42.2 Å². The molecule has 0 saturated carbocycles. The number of carbonyl (C=O) groups is 6. The summed E-state index contributed by atoms with van der Waals surface area (Å²) in [5.41, 5.74) is 3.64. The summed E-state index contributed by atoms with van der Waals surface area (Å²) in [6.07, 6.45) is 7.63. The largest absolute Gasteiger partial charge is 0.483 e. The molecule has 5 aromatic rings. The van der Waals surface area contributed by atoms with E-state index in [4.69, 9.17) is 9.15 Å². The van der Waals surface area contributed by atoms with Gasteiger partial charge in [0.05, 0.1) is 23.9 Å². The minimum Gasteiger partial charge on any atom is -0.483 e. The molecule has 2 fully saturated rings. The van der Waals surface area contributed by atoms with Crippen LogP contribution in [0.15, 0.2) is 77.8 Å². The molecule has 0 spiro atoms. The van der Waals surface area contributed by atoms with E-state index >= 15 is 0 Å². The highest BCUT2D eigenvalue weighted by Crippen LogP contribution is 2.34. The normalized spacial score (nSPS) is 16.7. The van der Waals surface area contributed by atoms with Gasteiger partial charge in [0, 0.05) is 63.0 Å². The van der Waals surface area contributed by atoms with Crippen molar-refractivity contribution in [3.05, 3.63) is 90.3 Å². The van der Waals surface area contributed by atoms with Gasteiger partial charge in [-0.2, -0.15) is 0 Å². The first-order valence-corrected chi connectivity index (χ1v) is 19.6. The Labute approximate surface area is 337 Å². The number of unbranched alkanes of at least 4 members (excludes halogenated alkanes) is 2. The van der Waals surface area contributed by atoms with Crippen LogP contribution in [-0.4, -0.2) is 110 Å². The zero-order chi connectivity index (χ0) is 40.9. The standard InChI is InChI=1S/C41H42N10O8/c52-33-15-14-31(38(55)46-33)51-39(56)29-7-4-8-32(36(29)40(51)57)59-24-34(53)42-16-3-1-2-9-35(54)49-19-17-48(18-20-49)27-12-10-26(11-13-27)30-23-44-41(50-25-45-47-37(30)50)43-22-28-6-5-21-58-28/h4-8,10-13,21,23,25,31H,1-3,9,14-20,22,24H2,(H,42,53)(H,43,44)(H,46,52,55). The molecule has 18 heteroatoms. The fourth-order valence-corrected chi connectivity index (χ4v) is 7.56. The van der Waals surface area contributed by atoms with Crippen LogP contribution in [0, 0.1) is 0 Å². The first-order chi connectivity index (χ1) is 28.7. The molecule has 304 valence electrons. The monoisotopic (exact) mass is 802 g/mol. The zero-order valence-corrected chi connectivity index (χ0v) is 32.1. The molecule has 2 aromatic carbocycles. The molecule has 3 aromatic heterocycles. The molecule has 3 N–H and O–H groups in total.